The van der Waals surface area contributed by atoms with Crippen molar-refractivity contribution in [1.29, 1.82) is 0 Å². The number of aryl methyl sites for hydroxylation is 2. The molecule has 19 heteroatoms. The first-order chi connectivity index (χ1) is 33.9. The molecule has 7 rings (SSSR count). The molecule has 4 aromatic heterocycles. The van der Waals surface area contributed by atoms with Gasteiger partial charge in [-0.1, -0.05) is 40.5 Å². The highest BCUT2D eigenvalue weighted by Gasteiger charge is 2.35. The van der Waals surface area contributed by atoms with Crippen LogP contribution in [0.1, 0.15) is 134 Å². The van der Waals surface area contributed by atoms with Crippen LogP contribution in [0.5, 0.6) is 0 Å². The highest BCUT2D eigenvalue weighted by atomic mass is 32.2. The summed E-state index contributed by atoms with van der Waals surface area (Å²) >= 11 is 1.89. The lowest BCUT2D eigenvalue weighted by molar-refractivity contribution is -0.134. The number of ether oxygens (including phenoxy) is 1. The van der Waals surface area contributed by atoms with Gasteiger partial charge in [0.15, 0.2) is 5.65 Å². The number of nitrogens with zero attached hydrogens (tertiary/aromatic N) is 6. The predicted octanol–water partition coefficient (Wildman–Crippen LogP) is 6.29. The number of amides is 5. The number of piperazine rings is 1. The lowest BCUT2D eigenvalue weighted by Crippen LogP contribution is -2.49. The second kappa shape index (κ2) is 27.3. The van der Waals surface area contributed by atoms with Gasteiger partial charge in [0.2, 0.25) is 11.8 Å². The van der Waals surface area contributed by atoms with Gasteiger partial charge in [0.25, 0.3) is 11.5 Å². The first-order valence-corrected chi connectivity index (χ1v) is 26.6. The molecular formula is C52H79N11O7S. The Bertz CT molecular complexity index is 2420. The molecule has 0 bridgehead atoms. The van der Waals surface area contributed by atoms with Crippen molar-refractivity contribution >= 4 is 52.4 Å². The van der Waals surface area contributed by atoms with Gasteiger partial charge in [0.1, 0.15) is 5.82 Å². The third-order valence-electron chi connectivity index (χ3n) is 12.6. The van der Waals surface area contributed by atoms with Crippen molar-refractivity contribution in [2.45, 2.75) is 144 Å². The summed E-state index contributed by atoms with van der Waals surface area (Å²) in [7, 11) is 0. The summed E-state index contributed by atoms with van der Waals surface area (Å²) in [5, 5.41) is 25.9. The predicted molar refractivity (Wildman–Crippen MR) is 282 cm³/mol. The molecule has 0 radical (unpaired) electrons. The number of aliphatic hydroxyl groups is 1. The maximum absolute atomic E-state index is 13.8. The lowest BCUT2D eigenvalue weighted by Gasteiger charge is -2.35. The van der Waals surface area contributed by atoms with Gasteiger partial charge >= 0.3 is 6.03 Å². The van der Waals surface area contributed by atoms with E-state index in [2.05, 4.69) is 63.9 Å². The molecule has 0 aliphatic carbocycles. The zero-order valence-electron chi connectivity index (χ0n) is 43.5. The summed E-state index contributed by atoms with van der Waals surface area (Å²) < 4.78 is 7.60. The number of aliphatic hydroxyl groups excluding tert-OH is 1. The summed E-state index contributed by atoms with van der Waals surface area (Å²) in [6.07, 6.45) is 9.76. The molecule has 3 fully saturated rings. The van der Waals surface area contributed by atoms with Gasteiger partial charge in [-0.25, -0.2) is 19.4 Å². The van der Waals surface area contributed by atoms with E-state index in [4.69, 9.17) is 14.7 Å². The van der Waals surface area contributed by atoms with E-state index in [1.54, 1.807) is 23.1 Å². The van der Waals surface area contributed by atoms with Crippen LogP contribution in [0.3, 0.4) is 0 Å². The molecule has 18 nitrogen and oxygen atoms in total. The summed E-state index contributed by atoms with van der Waals surface area (Å²) in [5.74, 6) is 3.57. The first kappa shape index (κ1) is 56.4. The molecular weight excluding hydrogens is 923 g/mol. The standard InChI is InChI=1S/C37H50N8O5.C10H21NO.C5H8N2OS/c1-7-8-26-19-25(4)41-36(49)29(26)22-39-35(48)28-20-31(42-34-30(28)23-40-45(34)24(2)3)27-9-10-32(38-21-27)43-13-15-44(16-14-43)33(47)11-18-50-37(5,6)12-17-46;1-4-5-6-10(12)11-8-7-9(2)3;8-5-6-3-1-9-2-4(3)7-5/h9-10,19-21,23-24,46H,7-8,11-18,22H2,1-6H3,(H,39,48)(H,41,49);9H,4-8H2,1-3H3,(H,11,12);3-4H,1-2H2,(H2,6,7,8). The molecule has 0 saturated carbocycles. The molecule has 0 aromatic carbocycles. The van der Waals surface area contributed by atoms with E-state index >= 15 is 0 Å². The Hall–Kier alpha value is -5.53. The number of anilines is 1. The second-order valence-corrected chi connectivity index (χ2v) is 20.9. The molecule has 2 unspecified atom stereocenters. The minimum atomic E-state index is -0.460. The Balaban J connectivity index is 0.000000365. The molecule has 4 aromatic rings. The number of pyridine rings is 3. The number of thioether (sulfide) groups is 1. The molecule has 3 aliphatic heterocycles. The van der Waals surface area contributed by atoms with Crippen molar-refractivity contribution in [2.24, 2.45) is 5.92 Å². The highest BCUT2D eigenvalue weighted by Crippen LogP contribution is 2.28. The van der Waals surface area contributed by atoms with Crippen molar-refractivity contribution in [3.8, 4) is 11.3 Å². The average Bonchev–Trinajstić information content (AvgIpc) is 4.06. The lowest BCUT2D eigenvalue weighted by atomic mass is 10.0. The van der Waals surface area contributed by atoms with E-state index in [1.165, 1.54) is 0 Å². The van der Waals surface area contributed by atoms with Crippen LogP contribution in [0.4, 0.5) is 10.6 Å². The Kier molecular flexibility index (Phi) is 21.7. The molecule has 2 atom stereocenters. The average molecular weight is 1000 g/mol. The minimum absolute atomic E-state index is 0.00491. The number of rotatable bonds is 20. The smallest absolute Gasteiger partial charge is 0.315 e. The van der Waals surface area contributed by atoms with Gasteiger partial charge in [-0.05, 0) is 96.0 Å². The van der Waals surface area contributed by atoms with Gasteiger partial charge in [0.05, 0.1) is 53.6 Å². The Morgan fingerprint density at radius 1 is 0.958 bits per heavy atom. The van der Waals surface area contributed by atoms with Gasteiger partial charge in [-0.2, -0.15) is 16.9 Å². The second-order valence-electron chi connectivity index (χ2n) is 19.8. The van der Waals surface area contributed by atoms with E-state index in [9.17, 15) is 29.1 Å². The molecule has 3 aliphatic rings. The molecule has 390 valence electrons. The van der Waals surface area contributed by atoms with Gasteiger partial charge in [-0.3, -0.25) is 19.2 Å². The number of urea groups is 1. The number of aromatic amines is 1. The fraction of sp³-hybridized carbons (Fsp3) is 0.615. The molecule has 5 amide bonds. The summed E-state index contributed by atoms with van der Waals surface area (Å²) in [5.41, 5.74) is 3.99. The van der Waals surface area contributed by atoms with E-state index < -0.39 is 5.60 Å². The number of carbonyl (C=O) groups is 4. The maximum atomic E-state index is 13.8. The maximum Gasteiger partial charge on any atom is 0.315 e. The van der Waals surface area contributed by atoms with Crippen molar-refractivity contribution in [3.63, 3.8) is 0 Å². The normalized spacial score (nSPS) is 16.5. The number of H-pyrrole nitrogens is 1. The third-order valence-corrected chi connectivity index (χ3v) is 13.8. The van der Waals surface area contributed by atoms with E-state index in [0.717, 1.165) is 72.8 Å². The SMILES string of the molecule is CCCCC(=O)NCCC(C)C.CCCc1cc(C)[nH]c(=O)c1CNC(=O)c1cc(-c2ccc(N3CCN(C(=O)CCOC(C)(C)CCO)CC3)nc2)nc2c1cnn2C(C)C.O=C1NC2CSCC2N1. The third kappa shape index (κ3) is 16.8. The largest absolute Gasteiger partial charge is 0.396 e. The minimum Gasteiger partial charge on any atom is -0.396 e. The Morgan fingerprint density at radius 2 is 1.68 bits per heavy atom. The molecule has 3 saturated heterocycles. The Labute approximate surface area is 423 Å². The van der Waals surface area contributed by atoms with Crippen molar-refractivity contribution < 1.29 is 29.0 Å². The fourth-order valence-corrected chi connectivity index (χ4v) is 9.71. The van der Waals surface area contributed by atoms with Gasteiger partial charge < -0.3 is 45.9 Å². The summed E-state index contributed by atoms with van der Waals surface area (Å²) in [4.78, 5) is 77.6. The van der Waals surface area contributed by atoms with Gasteiger partial charge in [-0.15, -0.1) is 0 Å². The van der Waals surface area contributed by atoms with Crippen LogP contribution < -0.4 is 31.7 Å². The van der Waals surface area contributed by atoms with E-state index in [-0.39, 0.29) is 48.5 Å². The number of fused-ring (bicyclic) bond motifs is 2. The zero-order valence-corrected chi connectivity index (χ0v) is 44.3. The van der Waals surface area contributed by atoms with Crippen molar-refractivity contribution in [3.05, 3.63) is 69.4 Å². The fourth-order valence-electron chi connectivity index (χ4n) is 8.43. The zero-order chi connectivity index (χ0) is 51.7. The van der Waals surface area contributed by atoms with E-state index in [0.29, 0.717) is 97.9 Å². The van der Waals surface area contributed by atoms with Crippen LogP contribution in [-0.2, 0) is 27.3 Å². The number of hydrogen-bond donors (Lipinski definition) is 6. The number of unbranched alkanes of at least 4 members (excludes halogenated alkanes) is 1. The highest BCUT2D eigenvalue weighted by molar-refractivity contribution is 7.99. The molecule has 0 spiro atoms. The van der Waals surface area contributed by atoms with Crippen LogP contribution in [-0.4, -0.2) is 134 Å². The number of aromatic nitrogens is 5. The Morgan fingerprint density at radius 3 is 2.30 bits per heavy atom. The van der Waals surface area contributed by atoms with E-state index in [1.807, 2.05) is 69.5 Å². The summed E-state index contributed by atoms with van der Waals surface area (Å²) in [6.45, 7) is 22.0. The molecule has 6 N–H and O–H groups in total. The van der Waals surface area contributed by atoms with Crippen LogP contribution in [0.15, 0.2) is 41.5 Å². The van der Waals surface area contributed by atoms with Crippen LogP contribution in [0.2, 0.25) is 0 Å². The molecule has 7 heterocycles. The van der Waals surface area contributed by atoms with Gasteiger partial charge in [0, 0.05) is 92.9 Å². The van der Waals surface area contributed by atoms with Crippen LogP contribution >= 0.6 is 11.8 Å². The monoisotopic (exact) mass is 1000 g/mol. The van der Waals surface area contributed by atoms with Crippen LogP contribution in [0.25, 0.3) is 22.3 Å². The topological polar surface area (TPSA) is 229 Å². The van der Waals surface area contributed by atoms with Crippen molar-refractivity contribution in [2.75, 3.05) is 62.3 Å². The van der Waals surface area contributed by atoms with Crippen molar-refractivity contribution in [1.82, 2.24) is 50.9 Å². The molecule has 71 heavy (non-hydrogen) atoms. The number of nitrogens with one attached hydrogen (secondary N) is 5. The summed E-state index contributed by atoms with van der Waals surface area (Å²) in [6, 6.07) is 8.44. The number of carbonyl (C=O) groups excluding carboxylic acids is 4. The first-order valence-electron chi connectivity index (χ1n) is 25.5. The quantitative estimate of drug-likeness (QED) is 0.0537. The van der Waals surface area contributed by atoms with Crippen LogP contribution in [0, 0.1) is 12.8 Å². The number of hydrogen-bond acceptors (Lipinski definition) is 12.